The average Bonchev–Trinajstić information content (AvgIpc) is 3.43. The topological polar surface area (TPSA) is 81.2 Å². The van der Waals surface area contributed by atoms with E-state index in [9.17, 15) is 22.8 Å². The number of hydrogen-bond donors (Lipinski definition) is 1. The Balaban J connectivity index is 1.64. The normalized spacial score (nSPS) is 13.9. The average molecular weight is 393 g/mol. The fourth-order valence-electron chi connectivity index (χ4n) is 2.66. The molecule has 3 rings (SSSR count). The van der Waals surface area contributed by atoms with Crippen molar-refractivity contribution in [2.24, 2.45) is 5.92 Å². The highest BCUT2D eigenvalue weighted by Crippen LogP contribution is 2.30. The predicted molar refractivity (Wildman–Crippen MR) is 92.5 cm³/mol. The molecule has 1 aromatic carbocycles. The molecule has 1 aromatic heterocycles. The van der Waals surface area contributed by atoms with Crippen LogP contribution in [0.15, 0.2) is 30.3 Å². The van der Waals surface area contributed by atoms with Gasteiger partial charge in [0.25, 0.3) is 5.91 Å². The zero-order chi connectivity index (χ0) is 20.3. The van der Waals surface area contributed by atoms with Crippen LogP contribution in [0.25, 0.3) is 0 Å². The van der Waals surface area contributed by atoms with Crippen LogP contribution in [0.1, 0.15) is 40.4 Å². The second kappa shape index (κ2) is 7.95. The van der Waals surface area contributed by atoms with Crippen LogP contribution >= 0.6 is 0 Å². The van der Waals surface area contributed by atoms with E-state index < -0.39 is 12.3 Å². The van der Waals surface area contributed by atoms with E-state index in [0.717, 1.165) is 12.8 Å². The Bertz CT molecular complexity index is 895. The lowest BCUT2D eigenvalue weighted by Crippen LogP contribution is -2.25. The first-order valence-corrected chi connectivity index (χ1v) is 8.70. The number of benzene rings is 1. The molecule has 0 unspecified atom stereocenters. The summed E-state index contributed by atoms with van der Waals surface area (Å²) in [6.45, 7) is 1.69. The summed E-state index contributed by atoms with van der Waals surface area (Å²) in [5.74, 6) is -0.431. The zero-order valence-electron chi connectivity index (χ0n) is 15.0. The number of amides is 1. The van der Waals surface area contributed by atoms with Crippen LogP contribution in [-0.4, -0.2) is 28.0 Å². The Morgan fingerprint density at radius 2 is 1.96 bits per heavy atom. The lowest BCUT2D eigenvalue weighted by molar-refractivity contribution is -0.274. The number of halogens is 3. The van der Waals surface area contributed by atoms with Gasteiger partial charge in [-0.2, -0.15) is 0 Å². The highest BCUT2D eigenvalue weighted by Gasteiger charge is 2.31. The minimum absolute atomic E-state index is 0.00667. The fraction of sp³-hybridized carbons (Fsp3) is 0.368. The van der Waals surface area contributed by atoms with Crippen LogP contribution in [-0.2, 0) is 17.8 Å². The van der Waals surface area contributed by atoms with Gasteiger partial charge in [-0.15, -0.1) is 13.2 Å². The van der Waals surface area contributed by atoms with E-state index >= 15 is 0 Å². The number of ether oxygens (including phenoxy) is 1. The smallest absolute Gasteiger partial charge is 0.406 e. The molecule has 1 aliphatic rings. The van der Waals surface area contributed by atoms with Gasteiger partial charge in [0.05, 0.1) is 6.42 Å². The minimum Gasteiger partial charge on any atom is -0.406 e. The highest BCUT2D eigenvalue weighted by molar-refractivity contribution is 5.92. The van der Waals surface area contributed by atoms with Crippen molar-refractivity contribution in [2.45, 2.75) is 39.1 Å². The van der Waals surface area contributed by atoms with Gasteiger partial charge in [0, 0.05) is 18.2 Å². The number of carbonyl (C=O) groups excluding carboxylic acids is 2. The number of Topliss-reactive ketones (excluding diaryl/α,β-unsaturated/α-hetero) is 1. The summed E-state index contributed by atoms with van der Waals surface area (Å²) in [5.41, 5.74) is 1.10. The van der Waals surface area contributed by atoms with Crippen molar-refractivity contribution in [1.29, 1.82) is 0 Å². The number of rotatable bonds is 7. The summed E-state index contributed by atoms with van der Waals surface area (Å²) in [6.07, 6.45) is -2.93. The zero-order valence-corrected chi connectivity index (χ0v) is 15.0. The molecule has 1 amide bonds. The number of nitrogens with one attached hydrogen (secondary N) is 1. The molecule has 0 radical (unpaired) electrons. The molecule has 1 aliphatic carbocycles. The van der Waals surface area contributed by atoms with Crippen molar-refractivity contribution in [1.82, 2.24) is 15.3 Å². The number of aromatic nitrogens is 2. The van der Waals surface area contributed by atoms with E-state index in [1.165, 1.54) is 24.3 Å². The van der Waals surface area contributed by atoms with Crippen molar-refractivity contribution in [3.05, 3.63) is 53.1 Å². The Labute approximate surface area is 159 Å². The summed E-state index contributed by atoms with van der Waals surface area (Å²) < 4.78 is 40.8. The SMILES string of the molecule is Cc1cc(C(=O)NCc2cccc(OC(F)(F)F)c2)nc(CC(=O)C2CC2)n1. The molecular weight excluding hydrogens is 375 g/mol. The number of hydrogen-bond acceptors (Lipinski definition) is 5. The number of nitrogens with zero attached hydrogens (tertiary/aromatic N) is 2. The third kappa shape index (κ3) is 5.77. The summed E-state index contributed by atoms with van der Waals surface area (Å²) in [4.78, 5) is 32.6. The molecule has 1 N–H and O–H groups in total. The van der Waals surface area contributed by atoms with E-state index in [1.54, 1.807) is 13.0 Å². The van der Waals surface area contributed by atoms with E-state index in [0.29, 0.717) is 17.1 Å². The lowest BCUT2D eigenvalue weighted by Gasteiger charge is -2.11. The fourth-order valence-corrected chi connectivity index (χ4v) is 2.66. The number of aryl methyl sites for hydroxylation is 1. The van der Waals surface area contributed by atoms with E-state index in [1.807, 2.05) is 0 Å². The summed E-state index contributed by atoms with van der Waals surface area (Å²) in [7, 11) is 0. The van der Waals surface area contributed by atoms with Gasteiger partial charge >= 0.3 is 6.36 Å². The van der Waals surface area contributed by atoms with Gasteiger partial charge in [-0.25, -0.2) is 9.97 Å². The van der Waals surface area contributed by atoms with Crippen LogP contribution in [0, 0.1) is 12.8 Å². The highest BCUT2D eigenvalue weighted by atomic mass is 19.4. The molecule has 1 heterocycles. The van der Waals surface area contributed by atoms with Gasteiger partial charge in [-0.1, -0.05) is 12.1 Å². The van der Waals surface area contributed by atoms with Crippen molar-refractivity contribution < 1.29 is 27.5 Å². The molecule has 148 valence electrons. The van der Waals surface area contributed by atoms with Crippen molar-refractivity contribution in [3.8, 4) is 5.75 Å². The Kier molecular flexibility index (Phi) is 5.62. The van der Waals surface area contributed by atoms with Crippen LogP contribution in [0.3, 0.4) is 0 Å². The van der Waals surface area contributed by atoms with Crippen LogP contribution in [0.5, 0.6) is 5.75 Å². The molecule has 6 nitrogen and oxygen atoms in total. The molecule has 0 atom stereocenters. The van der Waals surface area contributed by atoms with Gasteiger partial charge < -0.3 is 10.1 Å². The maximum Gasteiger partial charge on any atom is 0.573 e. The number of ketones is 1. The molecule has 1 saturated carbocycles. The molecule has 0 bridgehead atoms. The summed E-state index contributed by atoms with van der Waals surface area (Å²) in [5, 5.41) is 2.60. The Hall–Kier alpha value is -2.97. The van der Waals surface area contributed by atoms with Crippen molar-refractivity contribution in [3.63, 3.8) is 0 Å². The number of carbonyl (C=O) groups is 2. The van der Waals surface area contributed by atoms with Crippen LogP contribution in [0.4, 0.5) is 13.2 Å². The maximum absolute atomic E-state index is 12.4. The molecule has 0 aliphatic heterocycles. The lowest BCUT2D eigenvalue weighted by atomic mass is 10.2. The van der Waals surface area contributed by atoms with Gasteiger partial charge in [0.2, 0.25) is 0 Å². The number of alkyl halides is 3. The van der Waals surface area contributed by atoms with Crippen LogP contribution < -0.4 is 10.1 Å². The predicted octanol–water partition coefficient (Wildman–Crippen LogP) is 3.14. The second-order valence-electron chi connectivity index (χ2n) is 6.61. The van der Waals surface area contributed by atoms with Crippen molar-refractivity contribution >= 4 is 11.7 Å². The maximum atomic E-state index is 12.4. The minimum atomic E-state index is -4.78. The second-order valence-corrected chi connectivity index (χ2v) is 6.61. The summed E-state index contributed by atoms with van der Waals surface area (Å²) in [6, 6.07) is 6.82. The molecule has 9 heteroatoms. The van der Waals surface area contributed by atoms with Gasteiger partial charge in [-0.05, 0) is 43.5 Å². The first-order chi connectivity index (χ1) is 13.2. The molecule has 28 heavy (non-hydrogen) atoms. The summed E-state index contributed by atoms with van der Waals surface area (Å²) >= 11 is 0. The van der Waals surface area contributed by atoms with E-state index in [2.05, 4.69) is 20.0 Å². The third-order valence-electron chi connectivity index (χ3n) is 4.08. The van der Waals surface area contributed by atoms with Crippen LogP contribution in [0.2, 0.25) is 0 Å². The van der Waals surface area contributed by atoms with Gasteiger partial charge in [-0.3, -0.25) is 9.59 Å². The standard InChI is InChI=1S/C19H18F3N3O3/c1-11-7-15(25-17(24-11)9-16(26)13-5-6-13)18(27)23-10-12-3-2-4-14(8-12)28-19(20,21)22/h2-4,7-8,13H,5-6,9-10H2,1H3,(H,23,27). The van der Waals surface area contributed by atoms with Gasteiger partial charge in [0.1, 0.15) is 23.1 Å². The Morgan fingerprint density at radius 1 is 1.21 bits per heavy atom. The largest absolute Gasteiger partial charge is 0.573 e. The quantitative estimate of drug-likeness (QED) is 0.782. The first kappa shape index (κ1) is 19.8. The molecular formula is C19H18F3N3O3. The molecule has 1 fully saturated rings. The molecule has 0 saturated heterocycles. The van der Waals surface area contributed by atoms with Crippen molar-refractivity contribution in [2.75, 3.05) is 0 Å². The van der Waals surface area contributed by atoms with Gasteiger partial charge in [0.15, 0.2) is 0 Å². The van der Waals surface area contributed by atoms with E-state index in [4.69, 9.17) is 0 Å². The Morgan fingerprint density at radius 3 is 2.64 bits per heavy atom. The monoisotopic (exact) mass is 393 g/mol. The van der Waals surface area contributed by atoms with E-state index in [-0.39, 0.29) is 36.1 Å². The first-order valence-electron chi connectivity index (χ1n) is 8.70. The molecule has 0 spiro atoms. The molecule has 2 aromatic rings. The third-order valence-corrected chi connectivity index (χ3v) is 4.08.